The predicted octanol–water partition coefficient (Wildman–Crippen LogP) is 1.71. The standard InChI is InChI=1S/C13H18N6O/c1-3-7-15-11-17-12(19-13(18-11)20-2)16-9-10-6-4-5-8-14-10/h4-6,8H,3,7,9H2,1-2H3,(H2,15,16,17,18,19). The summed E-state index contributed by atoms with van der Waals surface area (Å²) in [5.41, 5.74) is 0.912. The van der Waals surface area contributed by atoms with Crippen LogP contribution in [-0.2, 0) is 6.54 Å². The Balaban J connectivity index is 2.06. The molecule has 0 saturated heterocycles. The Morgan fingerprint density at radius 1 is 1.10 bits per heavy atom. The molecule has 0 bridgehead atoms. The molecule has 20 heavy (non-hydrogen) atoms. The predicted molar refractivity (Wildman–Crippen MR) is 76.7 cm³/mol. The van der Waals surface area contributed by atoms with Crippen LogP contribution in [0.3, 0.4) is 0 Å². The first kappa shape index (κ1) is 14.0. The van der Waals surface area contributed by atoms with Crippen molar-refractivity contribution in [2.24, 2.45) is 0 Å². The maximum Gasteiger partial charge on any atom is 0.322 e. The second-order valence-electron chi connectivity index (χ2n) is 4.07. The molecule has 0 unspecified atom stereocenters. The van der Waals surface area contributed by atoms with Gasteiger partial charge < -0.3 is 15.4 Å². The van der Waals surface area contributed by atoms with Gasteiger partial charge in [0.1, 0.15) is 0 Å². The number of anilines is 2. The van der Waals surface area contributed by atoms with Crippen LogP contribution in [0.2, 0.25) is 0 Å². The topological polar surface area (TPSA) is 84.9 Å². The summed E-state index contributed by atoms with van der Waals surface area (Å²) < 4.78 is 5.07. The first-order chi connectivity index (χ1) is 9.81. The van der Waals surface area contributed by atoms with Gasteiger partial charge in [-0.05, 0) is 18.6 Å². The van der Waals surface area contributed by atoms with Gasteiger partial charge in [-0.15, -0.1) is 0 Å². The smallest absolute Gasteiger partial charge is 0.322 e. The van der Waals surface area contributed by atoms with Crippen molar-refractivity contribution >= 4 is 11.9 Å². The monoisotopic (exact) mass is 274 g/mol. The third kappa shape index (κ3) is 4.04. The van der Waals surface area contributed by atoms with Crippen LogP contribution in [0.1, 0.15) is 19.0 Å². The van der Waals surface area contributed by atoms with E-state index in [1.807, 2.05) is 18.2 Å². The highest BCUT2D eigenvalue weighted by Gasteiger charge is 2.06. The van der Waals surface area contributed by atoms with Crippen molar-refractivity contribution in [1.29, 1.82) is 0 Å². The number of ether oxygens (including phenoxy) is 1. The second kappa shape index (κ2) is 7.22. The van der Waals surface area contributed by atoms with Gasteiger partial charge in [-0.3, -0.25) is 4.98 Å². The zero-order chi connectivity index (χ0) is 14.2. The van der Waals surface area contributed by atoms with Crippen molar-refractivity contribution in [2.75, 3.05) is 24.3 Å². The van der Waals surface area contributed by atoms with Gasteiger partial charge in [-0.2, -0.15) is 15.0 Å². The van der Waals surface area contributed by atoms with E-state index in [1.54, 1.807) is 6.20 Å². The van der Waals surface area contributed by atoms with E-state index in [0.29, 0.717) is 18.4 Å². The fourth-order valence-electron chi connectivity index (χ4n) is 1.52. The summed E-state index contributed by atoms with van der Waals surface area (Å²) in [5.74, 6) is 0.961. The maximum atomic E-state index is 5.07. The molecule has 7 heteroatoms. The Hall–Kier alpha value is -2.44. The third-order valence-corrected chi connectivity index (χ3v) is 2.48. The van der Waals surface area contributed by atoms with E-state index in [0.717, 1.165) is 18.7 Å². The molecule has 2 aromatic heterocycles. The molecule has 2 rings (SSSR count). The molecule has 0 fully saturated rings. The Morgan fingerprint density at radius 3 is 2.55 bits per heavy atom. The summed E-state index contributed by atoms with van der Waals surface area (Å²) in [5, 5.41) is 6.22. The summed E-state index contributed by atoms with van der Waals surface area (Å²) in [6.45, 7) is 3.42. The highest BCUT2D eigenvalue weighted by Crippen LogP contribution is 2.11. The summed E-state index contributed by atoms with van der Waals surface area (Å²) in [6, 6.07) is 6.03. The van der Waals surface area contributed by atoms with Crippen LogP contribution < -0.4 is 15.4 Å². The minimum absolute atomic E-state index is 0.280. The van der Waals surface area contributed by atoms with Crippen molar-refractivity contribution in [1.82, 2.24) is 19.9 Å². The van der Waals surface area contributed by atoms with Crippen molar-refractivity contribution in [3.63, 3.8) is 0 Å². The van der Waals surface area contributed by atoms with Gasteiger partial charge in [0.15, 0.2) is 0 Å². The zero-order valence-corrected chi connectivity index (χ0v) is 11.6. The van der Waals surface area contributed by atoms with Gasteiger partial charge in [0.25, 0.3) is 0 Å². The van der Waals surface area contributed by atoms with Crippen LogP contribution in [0.5, 0.6) is 6.01 Å². The van der Waals surface area contributed by atoms with Gasteiger partial charge >= 0.3 is 6.01 Å². The van der Waals surface area contributed by atoms with E-state index in [-0.39, 0.29) is 6.01 Å². The molecular weight excluding hydrogens is 256 g/mol. The summed E-state index contributed by atoms with van der Waals surface area (Å²) in [6.07, 6.45) is 2.74. The van der Waals surface area contributed by atoms with Crippen LogP contribution in [0.25, 0.3) is 0 Å². The third-order valence-electron chi connectivity index (χ3n) is 2.48. The summed E-state index contributed by atoms with van der Waals surface area (Å²) in [7, 11) is 1.53. The number of nitrogens with zero attached hydrogens (tertiary/aromatic N) is 4. The summed E-state index contributed by atoms with van der Waals surface area (Å²) in [4.78, 5) is 16.8. The molecule has 0 amide bonds. The number of aromatic nitrogens is 4. The molecule has 106 valence electrons. The molecule has 0 aromatic carbocycles. The van der Waals surface area contributed by atoms with Crippen LogP contribution >= 0.6 is 0 Å². The largest absolute Gasteiger partial charge is 0.467 e. The molecule has 0 radical (unpaired) electrons. The molecular formula is C13H18N6O. The van der Waals surface area contributed by atoms with Crippen molar-refractivity contribution in [2.45, 2.75) is 19.9 Å². The molecule has 0 aliphatic carbocycles. The number of rotatable bonds is 7. The minimum atomic E-state index is 0.280. The number of methoxy groups -OCH3 is 1. The van der Waals surface area contributed by atoms with E-state index in [4.69, 9.17) is 4.74 Å². The molecule has 0 spiro atoms. The van der Waals surface area contributed by atoms with E-state index < -0.39 is 0 Å². The van der Waals surface area contributed by atoms with Crippen molar-refractivity contribution < 1.29 is 4.74 Å². The number of hydrogen-bond donors (Lipinski definition) is 2. The lowest BCUT2D eigenvalue weighted by Crippen LogP contribution is -2.11. The Kier molecular flexibility index (Phi) is 5.05. The van der Waals surface area contributed by atoms with Gasteiger partial charge in [-0.1, -0.05) is 13.0 Å². The maximum absolute atomic E-state index is 5.07. The molecule has 2 heterocycles. The summed E-state index contributed by atoms with van der Waals surface area (Å²) >= 11 is 0. The van der Waals surface area contributed by atoms with Gasteiger partial charge in [0.2, 0.25) is 11.9 Å². The van der Waals surface area contributed by atoms with Gasteiger partial charge in [0.05, 0.1) is 19.3 Å². The van der Waals surface area contributed by atoms with Crippen LogP contribution in [-0.4, -0.2) is 33.6 Å². The average molecular weight is 274 g/mol. The van der Waals surface area contributed by atoms with Crippen molar-refractivity contribution in [3.8, 4) is 6.01 Å². The normalized spacial score (nSPS) is 10.1. The lowest BCUT2D eigenvalue weighted by Gasteiger charge is -2.08. The molecule has 0 aliphatic rings. The van der Waals surface area contributed by atoms with E-state index in [9.17, 15) is 0 Å². The first-order valence-electron chi connectivity index (χ1n) is 6.49. The molecule has 2 N–H and O–H groups in total. The molecule has 0 atom stereocenters. The van der Waals surface area contributed by atoms with Crippen LogP contribution in [0, 0.1) is 0 Å². The molecule has 0 aliphatic heterocycles. The van der Waals surface area contributed by atoms with E-state index >= 15 is 0 Å². The highest BCUT2D eigenvalue weighted by molar-refractivity contribution is 5.36. The Bertz CT molecular complexity index is 534. The van der Waals surface area contributed by atoms with Gasteiger partial charge in [0, 0.05) is 12.7 Å². The zero-order valence-electron chi connectivity index (χ0n) is 11.6. The fraction of sp³-hybridized carbons (Fsp3) is 0.385. The number of nitrogens with one attached hydrogen (secondary N) is 2. The SMILES string of the molecule is CCCNc1nc(NCc2ccccn2)nc(OC)n1. The van der Waals surface area contributed by atoms with Crippen LogP contribution in [0.4, 0.5) is 11.9 Å². The number of pyridine rings is 1. The average Bonchev–Trinajstić information content (AvgIpc) is 2.51. The van der Waals surface area contributed by atoms with Gasteiger partial charge in [-0.25, -0.2) is 0 Å². The Labute approximate surface area is 117 Å². The molecule has 2 aromatic rings. The second-order valence-corrected chi connectivity index (χ2v) is 4.07. The van der Waals surface area contributed by atoms with Crippen LogP contribution in [0.15, 0.2) is 24.4 Å². The number of hydrogen-bond acceptors (Lipinski definition) is 7. The highest BCUT2D eigenvalue weighted by atomic mass is 16.5. The molecule has 7 nitrogen and oxygen atoms in total. The first-order valence-corrected chi connectivity index (χ1v) is 6.49. The quantitative estimate of drug-likeness (QED) is 0.795. The Morgan fingerprint density at radius 2 is 1.90 bits per heavy atom. The minimum Gasteiger partial charge on any atom is -0.467 e. The molecule has 0 saturated carbocycles. The lowest BCUT2D eigenvalue weighted by atomic mass is 10.3. The van der Waals surface area contributed by atoms with E-state index in [2.05, 4.69) is 37.5 Å². The fourth-order valence-corrected chi connectivity index (χ4v) is 1.52. The lowest BCUT2D eigenvalue weighted by molar-refractivity contribution is 0.379. The van der Waals surface area contributed by atoms with E-state index in [1.165, 1.54) is 7.11 Å². The van der Waals surface area contributed by atoms with Crippen molar-refractivity contribution in [3.05, 3.63) is 30.1 Å².